The Labute approximate surface area is 116 Å². The number of fused-ring (bicyclic) bond motifs is 1. The molecule has 3 rings (SSSR count). The molecule has 1 fully saturated rings. The monoisotopic (exact) mass is 284 g/mol. The maximum Gasteiger partial charge on any atom is 0.586 e. The van der Waals surface area contributed by atoms with Crippen LogP contribution in [0.15, 0.2) is 18.2 Å². The normalized spacial score (nSPS) is 22.8. The second-order valence-electron chi connectivity index (χ2n) is 5.08. The number of alkyl halides is 2. The number of piperazine rings is 1. The molecule has 0 spiro atoms. The lowest BCUT2D eigenvalue weighted by Gasteiger charge is -2.34. The first-order valence-corrected chi connectivity index (χ1v) is 6.93. The van der Waals surface area contributed by atoms with Gasteiger partial charge in [0, 0.05) is 32.2 Å². The summed E-state index contributed by atoms with van der Waals surface area (Å²) >= 11 is 0. The van der Waals surface area contributed by atoms with Gasteiger partial charge in [0.25, 0.3) is 0 Å². The maximum atomic E-state index is 13.0. The van der Waals surface area contributed by atoms with Gasteiger partial charge in [-0.15, -0.1) is 8.78 Å². The smallest absolute Gasteiger partial charge is 0.395 e. The van der Waals surface area contributed by atoms with Crippen LogP contribution in [0.4, 0.5) is 8.78 Å². The molecule has 2 aliphatic rings. The van der Waals surface area contributed by atoms with Gasteiger partial charge in [0.15, 0.2) is 11.5 Å². The van der Waals surface area contributed by atoms with Crippen molar-refractivity contribution in [3.63, 3.8) is 0 Å². The number of hydrogen-bond donors (Lipinski definition) is 1. The van der Waals surface area contributed by atoms with E-state index in [-0.39, 0.29) is 17.5 Å². The number of hydrogen-bond acceptors (Lipinski definition) is 4. The molecule has 0 radical (unpaired) electrons. The van der Waals surface area contributed by atoms with Crippen molar-refractivity contribution < 1.29 is 18.3 Å². The van der Waals surface area contributed by atoms with Crippen LogP contribution in [0.3, 0.4) is 0 Å². The fourth-order valence-electron chi connectivity index (χ4n) is 2.87. The molecule has 1 atom stereocenters. The first kappa shape index (κ1) is 13.6. The predicted molar refractivity (Wildman–Crippen MR) is 70.1 cm³/mol. The molecule has 2 heterocycles. The summed E-state index contributed by atoms with van der Waals surface area (Å²) < 4.78 is 35.0. The van der Waals surface area contributed by atoms with Gasteiger partial charge in [0.05, 0.1) is 0 Å². The van der Waals surface area contributed by atoms with Crippen LogP contribution in [0.1, 0.15) is 24.9 Å². The molecule has 4 nitrogen and oxygen atoms in total. The minimum Gasteiger partial charge on any atom is -0.395 e. The molecule has 0 unspecified atom stereocenters. The van der Waals surface area contributed by atoms with Crippen LogP contribution in [0.2, 0.25) is 0 Å². The van der Waals surface area contributed by atoms with Crippen LogP contribution in [0.25, 0.3) is 0 Å². The second-order valence-corrected chi connectivity index (χ2v) is 5.08. The average Bonchev–Trinajstić information content (AvgIpc) is 2.74. The highest BCUT2D eigenvalue weighted by Gasteiger charge is 2.43. The highest BCUT2D eigenvalue weighted by atomic mass is 19.3. The highest BCUT2D eigenvalue weighted by Crippen LogP contribution is 2.42. The molecular weight excluding hydrogens is 266 g/mol. The molecular formula is C14H18F2N2O2. The molecule has 1 N–H and O–H groups in total. The van der Waals surface area contributed by atoms with Crippen molar-refractivity contribution in [3.05, 3.63) is 23.8 Å². The summed E-state index contributed by atoms with van der Waals surface area (Å²) in [6, 6.07) is 5.31. The van der Waals surface area contributed by atoms with Crippen molar-refractivity contribution in [2.24, 2.45) is 0 Å². The molecule has 0 aliphatic carbocycles. The van der Waals surface area contributed by atoms with Crippen molar-refractivity contribution in [1.82, 2.24) is 10.2 Å². The van der Waals surface area contributed by atoms with Crippen LogP contribution < -0.4 is 14.8 Å². The Hall–Kier alpha value is -1.40. The molecule has 0 bridgehead atoms. The average molecular weight is 284 g/mol. The predicted octanol–water partition coefficient (Wildman–Crippen LogP) is 2.36. The Morgan fingerprint density at radius 2 is 1.95 bits per heavy atom. The molecule has 110 valence electrons. The van der Waals surface area contributed by atoms with Crippen molar-refractivity contribution in [2.45, 2.75) is 25.7 Å². The molecule has 0 saturated carbocycles. The summed E-state index contributed by atoms with van der Waals surface area (Å²) in [4.78, 5) is 2.37. The summed E-state index contributed by atoms with van der Waals surface area (Å²) in [6.07, 6.45) is -2.62. The lowest BCUT2D eigenvalue weighted by molar-refractivity contribution is -0.286. The number of nitrogens with one attached hydrogen (secondary N) is 1. The Morgan fingerprint density at radius 3 is 2.65 bits per heavy atom. The zero-order valence-electron chi connectivity index (χ0n) is 11.4. The van der Waals surface area contributed by atoms with E-state index in [0.717, 1.165) is 38.2 Å². The fourth-order valence-corrected chi connectivity index (χ4v) is 2.87. The standard InChI is InChI=1S/C14H18F2N2O2/c1-2-11(18-7-5-17-6-8-18)10-3-4-12-13(9-10)20-14(15,16)19-12/h3-4,9,11,17H,2,5-8H2,1H3/t11-/m1/s1. The summed E-state index contributed by atoms with van der Waals surface area (Å²) in [5, 5.41) is 3.31. The summed E-state index contributed by atoms with van der Waals surface area (Å²) in [5.74, 6) is 0.231. The van der Waals surface area contributed by atoms with Crippen molar-refractivity contribution in [2.75, 3.05) is 26.2 Å². The van der Waals surface area contributed by atoms with Gasteiger partial charge >= 0.3 is 6.29 Å². The molecule has 0 aromatic heterocycles. The summed E-state index contributed by atoms with van der Waals surface area (Å²) in [5.41, 5.74) is 0.995. The SMILES string of the molecule is CC[C@H](c1ccc2c(c1)OC(F)(F)O2)N1CCNCC1. The van der Waals surface area contributed by atoms with Gasteiger partial charge in [-0.1, -0.05) is 13.0 Å². The van der Waals surface area contributed by atoms with E-state index in [9.17, 15) is 8.78 Å². The van der Waals surface area contributed by atoms with Gasteiger partial charge in [-0.3, -0.25) is 4.90 Å². The Balaban J connectivity index is 1.83. The molecule has 0 amide bonds. The number of nitrogens with zero attached hydrogens (tertiary/aromatic N) is 1. The molecule has 20 heavy (non-hydrogen) atoms. The van der Waals surface area contributed by atoms with E-state index in [0.29, 0.717) is 0 Å². The summed E-state index contributed by atoms with van der Waals surface area (Å²) in [6.45, 7) is 5.94. The van der Waals surface area contributed by atoms with Crippen LogP contribution in [-0.2, 0) is 0 Å². The minimum atomic E-state index is -3.54. The van der Waals surface area contributed by atoms with Crippen LogP contribution in [0.5, 0.6) is 11.5 Å². The number of ether oxygens (including phenoxy) is 2. The summed E-state index contributed by atoms with van der Waals surface area (Å²) in [7, 11) is 0. The first-order chi connectivity index (χ1) is 9.59. The highest BCUT2D eigenvalue weighted by molar-refractivity contribution is 5.46. The van der Waals surface area contributed by atoms with E-state index < -0.39 is 6.29 Å². The Kier molecular flexibility index (Phi) is 3.52. The van der Waals surface area contributed by atoms with Gasteiger partial charge < -0.3 is 14.8 Å². The molecule has 6 heteroatoms. The van der Waals surface area contributed by atoms with Crippen molar-refractivity contribution in [1.29, 1.82) is 0 Å². The lowest BCUT2D eigenvalue weighted by atomic mass is 10.0. The minimum absolute atomic E-state index is 0.105. The number of benzene rings is 1. The van der Waals surface area contributed by atoms with Gasteiger partial charge in [-0.05, 0) is 24.1 Å². The quantitative estimate of drug-likeness (QED) is 0.924. The topological polar surface area (TPSA) is 33.7 Å². The maximum absolute atomic E-state index is 13.0. The third-order valence-corrected chi connectivity index (χ3v) is 3.79. The third-order valence-electron chi connectivity index (χ3n) is 3.79. The van der Waals surface area contributed by atoms with E-state index in [1.807, 2.05) is 6.07 Å². The van der Waals surface area contributed by atoms with Gasteiger partial charge in [-0.2, -0.15) is 0 Å². The van der Waals surface area contributed by atoms with E-state index in [1.165, 1.54) is 0 Å². The molecule has 1 aromatic carbocycles. The van der Waals surface area contributed by atoms with E-state index >= 15 is 0 Å². The first-order valence-electron chi connectivity index (χ1n) is 6.93. The van der Waals surface area contributed by atoms with Gasteiger partial charge in [0.2, 0.25) is 0 Å². The van der Waals surface area contributed by atoms with Crippen LogP contribution in [0, 0.1) is 0 Å². The third kappa shape index (κ3) is 2.58. The second kappa shape index (κ2) is 5.18. The van der Waals surface area contributed by atoms with Crippen LogP contribution >= 0.6 is 0 Å². The van der Waals surface area contributed by atoms with Gasteiger partial charge in [0.1, 0.15) is 0 Å². The lowest BCUT2D eigenvalue weighted by Crippen LogP contribution is -2.45. The number of rotatable bonds is 3. The van der Waals surface area contributed by atoms with Crippen LogP contribution in [-0.4, -0.2) is 37.4 Å². The fraction of sp³-hybridized carbons (Fsp3) is 0.571. The molecule has 1 aromatic rings. The van der Waals surface area contributed by atoms with E-state index in [1.54, 1.807) is 12.1 Å². The number of halogens is 2. The largest absolute Gasteiger partial charge is 0.586 e. The molecule has 1 saturated heterocycles. The Bertz CT molecular complexity index is 490. The zero-order valence-corrected chi connectivity index (χ0v) is 11.4. The Morgan fingerprint density at radius 1 is 1.25 bits per heavy atom. The van der Waals surface area contributed by atoms with E-state index in [2.05, 4.69) is 26.6 Å². The zero-order chi connectivity index (χ0) is 14.2. The van der Waals surface area contributed by atoms with E-state index in [4.69, 9.17) is 0 Å². The molecule has 2 aliphatic heterocycles. The van der Waals surface area contributed by atoms with Crippen molar-refractivity contribution >= 4 is 0 Å². The van der Waals surface area contributed by atoms with Gasteiger partial charge in [-0.25, -0.2) is 0 Å². The van der Waals surface area contributed by atoms with Crippen molar-refractivity contribution in [3.8, 4) is 11.5 Å².